The molecule has 0 atom stereocenters. The topological polar surface area (TPSA) is 15.3 Å². The van der Waals surface area contributed by atoms with E-state index in [0.717, 1.165) is 18.6 Å². The first-order valence-electron chi connectivity index (χ1n) is 6.78. The molecule has 2 heteroatoms. The van der Waals surface area contributed by atoms with Gasteiger partial charge in [-0.3, -0.25) is 4.90 Å². The summed E-state index contributed by atoms with van der Waals surface area (Å²) in [6, 6.07) is 1.46. The largest absolute Gasteiger partial charge is 0.311 e. The molecule has 0 aromatic carbocycles. The third-order valence-electron chi connectivity index (χ3n) is 3.54. The van der Waals surface area contributed by atoms with Crippen molar-refractivity contribution in [2.75, 3.05) is 19.6 Å². The van der Waals surface area contributed by atoms with Gasteiger partial charge >= 0.3 is 0 Å². The molecule has 0 spiro atoms. The first kappa shape index (κ1) is 13.7. The molecule has 16 heavy (non-hydrogen) atoms. The van der Waals surface area contributed by atoms with E-state index in [2.05, 4.69) is 37.6 Å². The molecule has 0 bridgehead atoms. The highest BCUT2D eigenvalue weighted by atomic mass is 15.1. The van der Waals surface area contributed by atoms with Crippen LogP contribution < -0.4 is 5.32 Å². The van der Waals surface area contributed by atoms with Crippen LogP contribution in [-0.4, -0.2) is 36.6 Å². The lowest BCUT2D eigenvalue weighted by atomic mass is 10.0. The SMILES string of the molecule is C=C(C)CN1CCC(NC(CC)CC)CC1. The average molecular weight is 224 g/mol. The summed E-state index contributed by atoms with van der Waals surface area (Å²) in [5.74, 6) is 0. The Hall–Kier alpha value is -0.340. The molecule has 1 fully saturated rings. The summed E-state index contributed by atoms with van der Waals surface area (Å²) in [6.07, 6.45) is 5.10. The van der Waals surface area contributed by atoms with Crippen LogP contribution in [0.1, 0.15) is 46.5 Å². The molecule has 1 heterocycles. The van der Waals surface area contributed by atoms with Crippen LogP contribution in [0.3, 0.4) is 0 Å². The van der Waals surface area contributed by atoms with Crippen molar-refractivity contribution in [3.63, 3.8) is 0 Å². The predicted molar refractivity (Wildman–Crippen MR) is 71.8 cm³/mol. The summed E-state index contributed by atoms with van der Waals surface area (Å²) in [5, 5.41) is 3.78. The molecule has 0 aliphatic carbocycles. The van der Waals surface area contributed by atoms with E-state index in [1.807, 2.05) is 0 Å². The summed E-state index contributed by atoms with van der Waals surface area (Å²) < 4.78 is 0. The number of piperidine rings is 1. The van der Waals surface area contributed by atoms with Crippen molar-refractivity contribution in [1.82, 2.24) is 10.2 Å². The quantitative estimate of drug-likeness (QED) is 0.698. The minimum atomic E-state index is 0.720. The van der Waals surface area contributed by atoms with Gasteiger partial charge in [-0.05, 0) is 45.7 Å². The van der Waals surface area contributed by atoms with Gasteiger partial charge in [-0.15, -0.1) is 0 Å². The fourth-order valence-electron chi connectivity index (χ4n) is 2.50. The zero-order chi connectivity index (χ0) is 12.0. The summed E-state index contributed by atoms with van der Waals surface area (Å²) in [7, 11) is 0. The van der Waals surface area contributed by atoms with E-state index in [-0.39, 0.29) is 0 Å². The smallest absolute Gasteiger partial charge is 0.0187 e. The Morgan fingerprint density at radius 2 is 1.88 bits per heavy atom. The van der Waals surface area contributed by atoms with E-state index < -0.39 is 0 Å². The Kier molecular flexibility index (Phi) is 6.07. The van der Waals surface area contributed by atoms with Crippen LogP contribution in [0.5, 0.6) is 0 Å². The lowest BCUT2D eigenvalue weighted by Crippen LogP contribution is -2.46. The number of nitrogens with one attached hydrogen (secondary N) is 1. The van der Waals surface area contributed by atoms with E-state index >= 15 is 0 Å². The standard InChI is InChI=1S/C14H28N2/c1-5-13(6-2)15-14-7-9-16(10-8-14)11-12(3)4/h13-15H,3,5-11H2,1-2,4H3. The van der Waals surface area contributed by atoms with Gasteiger partial charge in [-0.25, -0.2) is 0 Å². The maximum absolute atomic E-state index is 3.99. The van der Waals surface area contributed by atoms with Crippen LogP contribution in [0, 0.1) is 0 Å². The highest BCUT2D eigenvalue weighted by molar-refractivity contribution is 4.93. The first-order valence-corrected chi connectivity index (χ1v) is 6.78. The van der Waals surface area contributed by atoms with Gasteiger partial charge in [0.05, 0.1) is 0 Å². The first-order chi connectivity index (χ1) is 7.65. The van der Waals surface area contributed by atoms with Gasteiger partial charge in [0.15, 0.2) is 0 Å². The molecule has 0 aromatic heterocycles. The van der Waals surface area contributed by atoms with Crippen molar-refractivity contribution >= 4 is 0 Å². The van der Waals surface area contributed by atoms with Gasteiger partial charge in [0, 0.05) is 18.6 Å². The van der Waals surface area contributed by atoms with Crippen molar-refractivity contribution < 1.29 is 0 Å². The molecule has 1 N–H and O–H groups in total. The molecule has 0 unspecified atom stereocenters. The zero-order valence-corrected chi connectivity index (χ0v) is 11.3. The van der Waals surface area contributed by atoms with Crippen LogP contribution in [-0.2, 0) is 0 Å². The molecule has 1 saturated heterocycles. The second-order valence-electron chi connectivity index (χ2n) is 5.19. The highest BCUT2D eigenvalue weighted by Gasteiger charge is 2.20. The van der Waals surface area contributed by atoms with Crippen molar-refractivity contribution in [2.45, 2.75) is 58.5 Å². The Labute approximate surface area is 101 Å². The van der Waals surface area contributed by atoms with E-state index in [1.54, 1.807) is 0 Å². The number of likely N-dealkylation sites (tertiary alicyclic amines) is 1. The zero-order valence-electron chi connectivity index (χ0n) is 11.3. The lowest BCUT2D eigenvalue weighted by Gasteiger charge is -2.34. The van der Waals surface area contributed by atoms with E-state index in [1.165, 1.54) is 44.3 Å². The molecule has 1 aliphatic heterocycles. The molecule has 0 aromatic rings. The van der Waals surface area contributed by atoms with Gasteiger partial charge < -0.3 is 5.32 Å². The van der Waals surface area contributed by atoms with Crippen molar-refractivity contribution in [1.29, 1.82) is 0 Å². The Morgan fingerprint density at radius 1 is 1.31 bits per heavy atom. The van der Waals surface area contributed by atoms with Gasteiger partial charge in [0.25, 0.3) is 0 Å². The van der Waals surface area contributed by atoms with Gasteiger partial charge in [0.1, 0.15) is 0 Å². The van der Waals surface area contributed by atoms with E-state index in [0.29, 0.717) is 0 Å². The second kappa shape index (κ2) is 7.08. The van der Waals surface area contributed by atoms with Crippen LogP contribution in [0.25, 0.3) is 0 Å². The minimum Gasteiger partial charge on any atom is -0.311 e. The number of rotatable bonds is 6. The minimum absolute atomic E-state index is 0.720. The predicted octanol–water partition coefficient (Wildman–Crippen LogP) is 2.81. The van der Waals surface area contributed by atoms with Crippen molar-refractivity contribution in [2.24, 2.45) is 0 Å². The van der Waals surface area contributed by atoms with Crippen LogP contribution in [0.15, 0.2) is 12.2 Å². The number of hydrogen-bond donors (Lipinski definition) is 1. The second-order valence-corrected chi connectivity index (χ2v) is 5.19. The number of nitrogens with zero attached hydrogens (tertiary/aromatic N) is 1. The molecule has 0 saturated carbocycles. The van der Waals surface area contributed by atoms with Crippen LogP contribution in [0.2, 0.25) is 0 Å². The number of hydrogen-bond acceptors (Lipinski definition) is 2. The summed E-state index contributed by atoms with van der Waals surface area (Å²) >= 11 is 0. The van der Waals surface area contributed by atoms with Crippen molar-refractivity contribution in [3.05, 3.63) is 12.2 Å². The molecule has 2 nitrogen and oxygen atoms in total. The third kappa shape index (κ3) is 4.67. The highest BCUT2D eigenvalue weighted by Crippen LogP contribution is 2.13. The van der Waals surface area contributed by atoms with E-state index in [4.69, 9.17) is 0 Å². The molecule has 1 aliphatic rings. The average Bonchev–Trinajstić information content (AvgIpc) is 2.27. The Balaban J connectivity index is 2.23. The maximum atomic E-state index is 3.99. The van der Waals surface area contributed by atoms with Crippen LogP contribution in [0.4, 0.5) is 0 Å². The van der Waals surface area contributed by atoms with Crippen molar-refractivity contribution in [3.8, 4) is 0 Å². The fourth-order valence-corrected chi connectivity index (χ4v) is 2.50. The van der Waals surface area contributed by atoms with E-state index in [9.17, 15) is 0 Å². The molecule has 0 radical (unpaired) electrons. The Morgan fingerprint density at radius 3 is 2.31 bits per heavy atom. The molecule has 0 amide bonds. The third-order valence-corrected chi connectivity index (χ3v) is 3.54. The van der Waals surface area contributed by atoms with Gasteiger partial charge in [-0.2, -0.15) is 0 Å². The molecular weight excluding hydrogens is 196 g/mol. The maximum Gasteiger partial charge on any atom is 0.0187 e. The summed E-state index contributed by atoms with van der Waals surface area (Å²) in [5.41, 5.74) is 1.28. The Bertz CT molecular complexity index is 201. The molecule has 1 rings (SSSR count). The molecule has 94 valence electrons. The fraction of sp³-hybridized carbons (Fsp3) is 0.857. The lowest BCUT2D eigenvalue weighted by molar-refractivity contribution is 0.201. The normalized spacial score (nSPS) is 19.2. The van der Waals surface area contributed by atoms with Gasteiger partial charge in [-0.1, -0.05) is 26.0 Å². The summed E-state index contributed by atoms with van der Waals surface area (Å²) in [6.45, 7) is 14.2. The van der Waals surface area contributed by atoms with Gasteiger partial charge in [0.2, 0.25) is 0 Å². The molecular formula is C14H28N2. The monoisotopic (exact) mass is 224 g/mol. The summed E-state index contributed by atoms with van der Waals surface area (Å²) in [4.78, 5) is 2.52. The van der Waals surface area contributed by atoms with Crippen LogP contribution >= 0.6 is 0 Å².